The summed E-state index contributed by atoms with van der Waals surface area (Å²) in [5, 5.41) is 10.9. The van der Waals surface area contributed by atoms with Gasteiger partial charge in [0.25, 0.3) is 0 Å². The SMILES string of the molecule is CNC(=O)CCCO[C@@H](C)C(=O)O. The van der Waals surface area contributed by atoms with Crippen molar-refractivity contribution in [1.29, 1.82) is 0 Å². The molecule has 13 heavy (non-hydrogen) atoms. The second-order valence-electron chi connectivity index (χ2n) is 2.63. The Morgan fingerprint density at radius 3 is 2.62 bits per heavy atom. The first-order valence-electron chi connectivity index (χ1n) is 4.13. The van der Waals surface area contributed by atoms with Crippen LogP contribution in [-0.4, -0.2) is 36.7 Å². The molecule has 0 aliphatic carbocycles. The number of nitrogens with one attached hydrogen (secondary N) is 1. The molecule has 0 heterocycles. The average Bonchev–Trinajstić information content (AvgIpc) is 2.11. The quantitative estimate of drug-likeness (QED) is 0.577. The molecule has 2 N–H and O–H groups in total. The van der Waals surface area contributed by atoms with Crippen molar-refractivity contribution in [3.8, 4) is 0 Å². The van der Waals surface area contributed by atoms with E-state index in [2.05, 4.69) is 5.32 Å². The van der Waals surface area contributed by atoms with Gasteiger partial charge in [-0.3, -0.25) is 4.79 Å². The maximum atomic E-state index is 10.7. The Balaban J connectivity index is 3.35. The highest BCUT2D eigenvalue weighted by molar-refractivity contribution is 5.75. The molecule has 0 aromatic carbocycles. The molecule has 1 atom stereocenters. The lowest BCUT2D eigenvalue weighted by Gasteiger charge is -2.07. The Morgan fingerprint density at radius 1 is 1.54 bits per heavy atom. The lowest BCUT2D eigenvalue weighted by atomic mass is 10.3. The van der Waals surface area contributed by atoms with E-state index in [1.807, 2.05) is 0 Å². The van der Waals surface area contributed by atoms with Crippen LogP contribution >= 0.6 is 0 Å². The summed E-state index contributed by atoms with van der Waals surface area (Å²) in [5.74, 6) is -1.05. The van der Waals surface area contributed by atoms with Crippen LogP contribution in [0.3, 0.4) is 0 Å². The largest absolute Gasteiger partial charge is 0.479 e. The van der Waals surface area contributed by atoms with E-state index in [9.17, 15) is 9.59 Å². The van der Waals surface area contributed by atoms with Crippen molar-refractivity contribution in [2.24, 2.45) is 0 Å². The molecule has 0 aliphatic heterocycles. The van der Waals surface area contributed by atoms with E-state index in [4.69, 9.17) is 9.84 Å². The van der Waals surface area contributed by atoms with Crippen LogP contribution in [0.25, 0.3) is 0 Å². The fourth-order valence-corrected chi connectivity index (χ4v) is 0.689. The van der Waals surface area contributed by atoms with Gasteiger partial charge in [0.2, 0.25) is 5.91 Å². The van der Waals surface area contributed by atoms with E-state index in [0.717, 1.165) is 0 Å². The van der Waals surface area contributed by atoms with Gasteiger partial charge in [-0.05, 0) is 13.3 Å². The van der Waals surface area contributed by atoms with Crippen molar-refractivity contribution >= 4 is 11.9 Å². The summed E-state index contributed by atoms with van der Waals surface area (Å²) in [6.45, 7) is 1.75. The zero-order chi connectivity index (χ0) is 10.3. The van der Waals surface area contributed by atoms with Gasteiger partial charge in [0.15, 0.2) is 6.10 Å². The van der Waals surface area contributed by atoms with Gasteiger partial charge in [0.05, 0.1) is 0 Å². The van der Waals surface area contributed by atoms with Crippen molar-refractivity contribution in [1.82, 2.24) is 5.32 Å². The molecule has 1 amide bonds. The van der Waals surface area contributed by atoms with E-state index in [1.165, 1.54) is 6.92 Å². The van der Waals surface area contributed by atoms with Crippen LogP contribution in [-0.2, 0) is 14.3 Å². The van der Waals surface area contributed by atoms with Gasteiger partial charge in [0, 0.05) is 20.1 Å². The molecular weight excluding hydrogens is 174 g/mol. The molecule has 0 aliphatic rings. The predicted molar refractivity (Wildman–Crippen MR) is 46.4 cm³/mol. The second-order valence-corrected chi connectivity index (χ2v) is 2.63. The number of carboxylic acids is 1. The number of rotatable bonds is 6. The topological polar surface area (TPSA) is 75.6 Å². The first-order chi connectivity index (χ1) is 6.07. The lowest BCUT2D eigenvalue weighted by molar-refractivity contribution is -0.149. The van der Waals surface area contributed by atoms with Gasteiger partial charge >= 0.3 is 5.97 Å². The summed E-state index contributed by atoms with van der Waals surface area (Å²) < 4.78 is 4.92. The molecule has 0 saturated heterocycles. The van der Waals surface area contributed by atoms with Crippen LogP contribution in [0.4, 0.5) is 0 Å². The third-order valence-electron chi connectivity index (χ3n) is 1.54. The number of carbonyl (C=O) groups is 2. The Bertz CT molecular complexity index is 181. The van der Waals surface area contributed by atoms with E-state index in [-0.39, 0.29) is 5.91 Å². The number of ether oxygens (including phenoxy) is 1. The minimum absolute atomic E-state index is 0.0634. The van der Waals surface area contributed by atoms with Crippen LogP contribution < -0.4 is 5.32 Å². The van der Waals surface area contributed by atoms with Gasteiger partial charge in [0.1, 0.15) is 0 Å². The summed E-state index contributed by atoms with van der Waals surface area (Å²) in [6, 6.07) is 0. The van der Waals surface area contributed by atoms with E-state index in [0.29, 0.717) is 19.4 Å². The van der Waals surface area contributed by atoms with Gasteiger partial charge in [-0.15, -0.1) is 0 Å². The molecule has 5 nitrogen and oxygen atoms in total. The molecule has 0 bridgehead atoms. The van der Waals surface area contributed by atoms with Crippen molar-refractivity contribution in [3.63, 3.8) is 0 Å². The van der Waals surface area contributed by atoms with Crippen LogP contribution in [0, 0.1) is 0 Å². The van der Waals surface area contributed by atoms with Crippen molar-refractivity contribution in [2.45, 2.75) is 25.9 Å². The Hall–Kier alpha value is -1.10. The van der Waals surface area contributed by atoms with E-state index < -0.39 is 12.1 Å². The fraction of sp³-hybridized carbons (Fsp3) is 0.750. The molecule has 0 aromatic rings. The van der Waals surface area contributed by atoms with Crippen molar-refractivity contribution < 1.29 is 19.4 Å². The Morgan fingerprint density at radius 2 is 2.15 bits per heavy atom. The lowest BCUT2D eigenvalue weighted by Crippen LogP contribution is -2.22. The van der Waals surface area contributed by atoms with E-state index in [1.54, 1.807) is 7.05 Å². The summed E-state index contributed by atoms with van der Waals surface area (Å²) >= 11 is 0. The number of amides is 1. The first kappa shape index (κ1) is 11.9. The normalized spacial score (nSPS) is 12.2. The smallest absolute Gasteiger partial charge is 0.332 e. The van der Waals surface area contributed by atoms with Crippen LogP contribution in [0.5, 0.6) is 0 Å². The van der Waals surface area contributed by atoms with Gasteiger partial charge < -0.3 is 15.2 Å². The fourth-order valence-electron chi connectivity index (χ4n) is 0.689. The zero-order valence-corrected chi connectivity index (χ0v) is 7.87. The molecule has 0 unspecified atom stereocenters. The molecule has 76 valence electrons. The highest BCUT2D eigenvalue weighted by Crippen LogP contribution is 1.95. The third kappa shape index (κ3) is 6.10. The Kier molecular flexibility index (Phi) is 5.88. The van der Waals surface area contributed by atoms with Gasteiger partial charge in [-0.2, -0.15) is 0 Å². The second kappa shape index (κ2) is 6.42. The number of carboxylic acid groups (broad SMARTS) is 1. The summed E-state index contributed by atoms with van der Waals surface area (Å²) in [5.41, 5.74) is 0. The van der Waals surface area contributed by atoms with Gasteiger partial charge in [-0.25, -0.2) is 4.79 Å². The minimum Gasteiger partial charge on any atom is -0.479 e. The average molecular weight is 189 g/mol. The number of hydrogen-bond acceptors (Lipinski definition) is 3. The Labute approximate surface area is 77.1 Å². The molecule has 0 fully saturated rings. The number of aliphatic carboxylic acids is 1. The molecule has 0 rings (SSSR count). The van der Waals surface area contributed by atoms with Crippen LogP contribution in [0.2, 0.25) is 0 Å². The van der Waals surface area contributed by atoms with Crippen LogP contribution in [0.15, 0.2) is 0 Å². The van der Waals surface area contributed by atoms with Crippen LogP contribution in [0.1, 0.15) is 19.8 Å². The molecule has 0 aromatic heterocycles. The summed E-state index contributed by atoms with van der Waals surface area (Å²) in [6.07, 6.45) is 0.102. The van der Waals surface area contributed by atoms with Crippen molar-refractivity contribution in [2.75, 3.05) is 13.7 Å². The highest BCUT2D eigenvalue weighted by atomic mass is 16.5. The molecule has 0 saturated carbocycles. The molecule has 0 spiro atoms. The standard InChI is InChI=1S/C8H15NO4/c1-6(8(11)12)13-5-3-4-7(10)9-2/h6H,3-5H2,1-2H3,(H,9,10)(H,11,12)/t6-/m0/s1. The maximum absolute atomic E-state index is 10.7. The number of carbonyl (C=O) groups excluding carboxylic acids is 1. The molecule has 0 radical (unpaired) electrons. The van der Waals surface area contributed by atoms with Gasteiger partial charge in [-0.1, -0.05) is 0 Å². The minimum atomic E-state index is -0.986. The first-order valence-corrected chi connectivity index (χ1v) is 4.13. The summed E-state index contributed by atoms with van der Waals surface area (Å²) in [7, 11) is 1.56. The molecular formula is C8H15NO4. The van der Waals surface area contributed by atoms with E-state index >= 15 is 0 Å². The zero-order valence-electron chi connectivity index (χ0n) is 7.87. The summed E-state index contributed by atoms with van der Waals surface area (Å²) in [4.78, 5) is 21.0. The highest BCUT2D eigenvalue weighted by Gasteiger charge is 2.10. The maximum Gasteiger partial charge on any atom is 0.332 e. The predicted octanol–water partition coefficient (Wildman–Crippen LogP) is 0.00230. The van der Waals surface area contributed by atoms with Crippen molar-refractivity contribution in [3.05, 3.63) is 0 Å². The number of hydrogen-bond donors (Lipinski definition) is 2. The third-order valence-corrected chi connectivity index (χ3v) is 1.54. The monoisotopic (exact) mass is 189 g/mol. The molecule has 5 heteroatoms.